The van der Waals surface area contributed by atoms with E-state index in [4.69, 9.17) is 0 Å². The van der Waals surface area contributed by atoms with Crippen LogP contribution in [0.5, 0.6) is 0 Å². The van der Waals surface area contributed by atoms with Crippen LogP contribution in [0.15, 0.2) is 57.8 Å². The number of carbonyl (C=O) groups excluding carboxylic acids is 1. The maximum Gasteiger partial charge on any atom is 0.355 e. The molecular weight excluding hydrogens is 276 g/mol. The molecule has 1 aromatic rings. The van der Waals surface area contributed by atoms with Gasteiger partial charge >= 0.3 is 6.03 Å². The molecule has 5 nitrogen and oxygen atoms in total. The highest BCUT2D eigenvalue weighted by atomic mass is 16.2. The number of hydrogen-bond donors (Lipinski definition) is 2. The van der Waals surface area contributed by atoms with Gasteiger partial charge in [-0.1, -0.05) is 42.0 Å². The number of nitrogens with one attached hydrogen (secondary N) is 2. The Kier molecular flexibility index (Phi) is 5.65. The van der Waals surface area contributed by atoms with Crippen molar-refractivity contribution in [2.75, 3.05) is 0 Å². The Bertz CT molecular complexity index is 656. The minimum absolute atomic E-state index is 0.473. The number of aryl methyl sites for hydroxylation is 1. The van der Waals surface area contributed by atoms with Gasteiger partial charge in [0, 0.05) is 0 Å². The van der Waals surface area contributed by atoms with Gasteiger partial charge in [-0.25, -0.2) is 15.6 Å². The van der Waals surface area contributed by atoms with E-state index >= 15 is 0 Å². The Hall–Kier alpha value is -2.69. The Morgan fingerprint density at radius 3 is 2.59 bits per heavy atom. The number of urea groups is 1. The number of carbonyl (C=O) groups is 1. The van der Waals surface area contributed by atoms with Crippen molar-refractivity contribution in [2.24, 2.45) is 10.2 Å². The van der Waals surface area contributed by atoms with E-state index in [1.165, 1.54) is 5.57 Å². The predicted octanol–water partition coefficient (Wildman–Crippen LogP) is 3.28. The van der Waals surface area contributed by atoms with E-state index in [9.17, 15) is 4.79 Å². The topological polar surface area (TPSA) is 65.8 Å². The van der Waals surface area contributed by atoms with Gasteiger partial charge in [0.1, 0.15) is 0 Å². The monoisotopic (exact) mass is 296 g/mol. The smallest absolute Gasteiger partial charge is 0.245 e. The first-order valence-corrected chi connectivity index (χ1v) is 7.21. The fourth-order valence-electron chi connectivity index (χ4n) is 2.03. The molecule has 0 aromatic heterocycles. The summed E-state index contributed by atoms with van der Waals surface area (Å²) in [5.41, 5.74) is 9.13. The standard InChI is InChI=1S/C17H20N4O/c1-13-7-3-5-9-15(13)11-18-20-17(22)21-19-12-16-10-6-4-8-14(16)2/h3,5-7,9-12H,4,8H2,1-2H3,(H2,20,21,22)/b18-11+,19-12+. The minimum Gasteiger partial charge on any atom is -0.245 e. The molecule has 0 aliphatic heterocycles. The molecule has 5 heteroatoms. The van der Waals surface area contributed by atoms with Crippen LogP contribution < -0.4 is 10.9 Å². The van der Waals surface area contributed by atoms with E-state index in [0.717, 1.165) is 29.5 Å². The highest BCUT2D eigenvalue weighted by molar-refractivity contribution is 5.86. The van der Waals surface area contributed by atoms with Crippen LogP contribution in [0, 0.1) is 6.92 Å². The van der Waals surface area contributed by atoms with Crippen LogP contribution in [0.4, 0.5) is 4.79 Å². The molecule has 1 aromatic carbocycles. The van der Waals surface area contributed by atoms with Gasteiger partial charge in [-0.15, -0.1) is 0 Å². The normalized spacial score (nSPS) is 14.8. The number of amides is 2. The summed E-state index contributed by atoms with van der Waals surface area (Å²) in [5.74, 6) is 0. The molecule has 0 bridgehead atoms. The summed E-state index contributed by atoms with van der Waals surface area (Å²) < 4.78 is 0. The molecule has 0 atom stereocenters. The Morgan fingerprint density at radius 2 is 1.86 bits per heavy atom. The van der Waals surface area contributed by atoms with Gasteiger partial charge in [0.15, 0.2) is 0 Å². The van der Waals surface area contributed by atoms with Crippen molar-refractivity contribution >= 4 is 18.5 Å². The summed E-state index contributed by atoms with van der Waals surface area (Å²) in [6.07, 6.45) is 9.46. The number of hydrogen-bond acceptors (Lipinski definition) is 3. The highest BCUT2D eigenvalue weighted by Gasteiger charge is 2.01. The first kappa shape index (κ1) is 15.7. The van der Waals surface area contributed by atoms with Crippen molar-refractivity contribution in [1.82, 2.24) is 10.9 Å². The van der Waals surface area contributed by atoms with E-state index in [1.807, 2.05) is 37.3 Å². The molecule has 0 heterocycles. The average molecular weight is 296 g/mol. The van der Waals surface area contributed by atoms with Crippen LogP contribution >= 0.6 is 0 Å². The molecule has 0 radical (unpaired) electrons. The molecule has 0 fully saturated rings. The first-order chi connectivity index (χ1) is 10.7. The van der Waals surface area contributed by atoms with Gasteiger partial charge in [0.05, 0.1) is 12.4 Å². The van der Waals surface area contributed by atoms with Gasteiger partial charge in [0.25, 0.3) is 0 Å². The summed E-state index contributed by atoms with van der Waals surface area (Å²) in [6, 6.07) is 7.32. The lowest BCUT2D eigenvalue weighted by molar-refractivity contribution is 0.242. The van der Waals surface area contributed by atoms with E-state index < -0.39 is 6.03 Å². The van der Waals surface area contributed by atoms with Crippen molar-refractivity contribution in [3.8, 4) is 0 Å². The zero-order chi connectivity index (χ0) is 15.8. The largest absolute Gasteiger partial charge is 0.355 e. The van der Waals surface area contributed by atoms with Gasteiger partial charge in [-0.3, -0.25) is 0 Å². The second-order valence-electron chi connectivity index (χ2n) is 5.10. The molecule has 0 saturated heterocycles. The predicted molar refractivity (Wildman–Crippen MR) is 90.0 cm³/mol. The van der Waals surface area contributed by atoms with Gasteiger partial charge < -0.3 is 0 Å². The summed E-state index contributed by atoms with van der Waals surface area (Å²) in [6.45, 7) is 4.05. The van der Waals surface area contributed by atoms with Crippen molar-refractivity contribution in [3.63, 3.8) is 0 Å². The number of benzene rings is 1. The van der Waals surface area contributed by atoms with Crippen LogP contribution in [0.25, 0.3) is 0 Å². The Labute approximate surface area is 130 Å². The van der Waals surface area contributed by atoms with Crippen molar-refractivity contribution < 1.29 is 4.79 Å². The number of hydrazone groups is 2. The molecular formula is C17H20N4O. The average Bonchev–Trinajstić information content (AvgIpc) is 2.51. The van der Waals surface area contributed by atoms with E-state index in [0.29, 0.717) is 0 Å². The van der Waals surface area contributed by atoms with E-state index in [2.05, 4.69) is 34.1 Å². The number of rotatable bonds is 4. The molecule has 2 N–H and O–H groups in total. The van der Waals surface area contributed by atoms with Gasteiger partial charge in [0.2, 0.25) is 0 Å². The third-order valence-electron chi connectivity index (χ3n) is 3.40. The summed E-state index contributed by atoms with van der Waals surface area (Å²) in [7, 11) is 0. The zero-order valence-corrected chi connectivity index (χ0v) is 12.8. The van der Waals surface area contributed by atoms with Crippen molar-refractivity contribution in [1.29, 1.82) is 0 Å². The summed E-state index contributed by atoms with van der Waals surface area (Å²) in [5, 5.41) is 7.81. The quantitative estimate of drug-likeness (QED) is 0.650. The summed E-state index contributed by atoms with van der Waals surface area (Å²) >= 11 is 0. The molecule has 1 aliphatic carbocycles. The van der Waals surface area contributed by atoms with Crippen molar-refractivity contribution in [3.05, 3.63) is 58.7 Å². The summed E-state index contributed by atoms with van der Waals surface area (Å²) in [4.78, 5) is 11.6. The lowest BCUT2D eigenvalue weighted by atomic mass is 10.0. The van der Waals surface area contributed by atoms with Crippen LogP contribution in [-0.2, 0) is 0 Å². The molecule has 2 amide bonds. The van der Waals surface area contributed by atoms with Crippen molar-refractivity contribution in [2.45, 2.75) is 26.7 Å². The van der Waals surface area contributed by atoms with Gasteiger partial charge in [-0.2, -0.15) is 10.2 Å². The molecule has 2 rings (SSSR count). The maximum absolute atomic E-state index is 11.6. The van der Waals surface area contributed by atoms with Crippen LogP contribution in [0.1, 0.15) is 30.9 Å². The van der Waals surface area contributed by atoms with Crippen LogP contribution in [-0.4, -0.2) is 18.5 Å². The third-order valence-corrected chi connectivity index (χ3v) is 3.40. The van der Waals surface area contributed by atoms with Crippen LogP contribution in [0.3, 0.4) is 0 Å². The molecule has 22 heavy (non-hydrogen) atoms. The maximum atomic E-state index is 11.6. The lowest BCUT2D eigenvalue weighted by Crippen LogP contribution is -2.28. The SMILES string of the molecule is CC1=C(/C=N/NC(=O)N/N=C/c2ccccc2C)C=CCC1. The highest BCUT2D eigenvalue weighted by Crippen LogP contribution is 2.16. The molecule has 114 valence electrons. The third kappa shape index (κ3) is 4.70. The van der Waals surface area contributed by atoms with E-state index in [-0.39, 0.29) is 0 Å². The minimum atomic E-state index is -0.473. The van der Waals surface area contributed by atoms with Crippen LogP contribution in [0.2, 0.25) is 0 Å². The number of nitrogens with zero attached hydrogens (tertiary/aromatic N) is 2. The Morgan fingerprint density at radius 1 is 1.14 bits per heavy atom. The zero-order valence-electron chi connectivity index (χ0n) is 12.8. The van der Waals surface area contributed by atoms with Gasteiger partial charge in [-0.05, 0) is 43.4 Å². The Balaban J connectivity index is 1.81. The second-order valence-corrected chi connectivity index (χ2v) is 5.10. The fourth-order valence-corrected chi connectivity index (χ4v) is 2.03. The second kappa shape index (κ2) is 7.93. The van der Waals surface area contributed by atoms with E-state index in [1.54, 1.807) is 12.4 Å². The molecule has 0 saturated carbocycles. The number of allylic oxidation sites excluding steroid dienone is 4. The lowest BCUT2D eigenvalue weighted by Gasteiger charge is -2.07. The first-order valence-electron chi connectivity index (χ1n) is 7.21. The fraction of sp³-hybridized carbons (Fsp3) is 0.235. The molecule has 1 aliphatic rings. The molecule has 0 unspecified atom stereocenters. The molecule has 0 spiro atoms.